The summed E-state index contributed by atoms with van der Waals surface area (Å²) in [4.78, 5) is 49.9. The van der Waals surface area contributed by atoms with Crippen molar-refractivity contribution >= 4 is 44.1 Å². The number of aryl methyl sites for hydroxylation is 2. The van der Waals surface area contributed by atoms with Gasteiger partial charge in [0.2, 0.25) is 5.95 Å². The SMILES string of the molecule is Cc1nc2cc(Cl)c(Nc3nc(=O)n(Cc4ccc[nH]c4=O)c(=O)n3Cc3cc(F)c(F)c(F)c3)cc2n1CCCS(C)(=O)=O. The van der Waals surface area contributed by atoms with Crippen LogP contribution in [0.5, 0.6) is 0 Å². The summed E-state index contributed by atoms with van der Waals surface area (Å²) >= 11 is 6.52. The summed E-state index contributed by atoms with van der Waals surface area (Å²) in [5.41, 5.74) is -1.47. The predicted molar refractivity (Wildman–Crippen MR) is 161 cm³/mol. The molecule has 0 aliphatic heterocycles. The highest BCUT2D eigenvalue weighted by Gasteiger charge is 2.20. The van der Waals surface area contributed by atoms with Crippen LogP contribution in [-0.4, -0.2) is 49.1 Å². The van der Waals surface area contributed by atoms with E-state index >= 15 is 0 Å². The van der Waals surface area contributed by atoms with Crippen LogP contribution in [0, 0.1) is 24.4 Å². The third kappa shape index (κ3) is 6.86. The number of rotatable bonds is 10. The van der Waals surface area contributed by atoms with Gasteiger partial charge in [-0.1, -0.05) is 17.7 Å². The van der Waals surface area contributed by atoms with Crippen molar-refractivity contribution in [2.24, 2.45) is 0 Å². The van der Waals surface area contributed by atoms with E-state index < -0.39 is 57.3 Å². The molecule has 0 fully saturated rings. The lowest BCUT2D eigenvalue weighted by Crippen LogP contribution is -2.43. The highest BCUT2D eigenvalue weighted by Crippen LogP contribution is 2.30. The van der Waals surface area contributed by atoms with Gasteiger partial charge in [-0.25, -0.2) is 40.7 Å². The van der Waals surface area contributed by atoms with Gasteiger partial charge in [-0.2, -0.15) is 4.98 Å². The lowest BCUT2D eigenvalue weighted by Gasteiger charge is -2.17. The average Bonchev–Trinajstić information content (AvgIpc) is 3.25. The Morgan fingerprint density at radius 2 is 1.69 bits per heavy atom. The molecule has 17 heteroatoms. The van der Waals surface area contributed by atoms with Crippen LogP contribution in [0.15, 0.2) is 57.0 Å². The number of imidazole rings is 1. The molecule has 236 valence electrons. The van der Waals surface area contributed by atoms with Gasteiger partial charge < -0.3 is 14.9 Å². The number of nitrogens with zero attached hydrogens (tertiary/aromatic N) is 5. The topological polar surface area (TPSA) is 154 Å². The molecule has 0 amide bonds. The average molecular weight is 664 g/mol. The van der Waals surface area contributed by atoms with E-state index in [0.29, 0.717) is 46.5 Å². The van der Waals surface area contributed by atoms with Crippen LogP contribution in [0.25, 0.3) is 11.0 Å². The van der Waals surface area contributed by atoms with E-state index in [1.54, 1.807) is 17.6 Å². The smallest absolute Gasteiger partial charge is 0.329 e. The highest BCUT2D eigenvalue weighted by molar-refractivity contribution is 7.90. The Kier molecular flexibility index (Phi) is 8.71. The molecule has 0 spiro atoms. The van der Waals surface area contributed by atoms with E-state index in [4.69, 9.17) is 11.6 Å². The maximum Gasteiger partial charge on any atom is 0.355 e. The van der Waals surface area contributed by atoms with Crippen molar-refractivity contribution in [3.8, 4) is 0 Å². The lowest BCUT2D eigenvalue weighted by molar-refractivity contribution is 0.444. The van der Waals surface area contributed by atoms with Gasteiger partial charge in [-0.3, -0.25) is 9.36 Å². The number of halogens is 4. The van der Waals surface area contributed by atoms with Gasteiger partial charge in [-0.15, -0.1) is 0 Å². The first-order chi connectivity index (χ1) is 21.2. The second kappa shape index (κ2) is 12.4. The van der Waals surface area contributed by atoms with Crippen molar-refractivity contribution < 1.29 is 21.6 Å². The fourth-order valence-electron chi connectivity index (χ4n) is 4.79. The van der Waals surface area contributed by atoms with Gasteiger partial charge in [0, 0.05) is 24.6 Å². The standard InChI is InChI=1S/C28H25ClF3N7O5S/c1-15-34-22-11-18(29)21(12-23(22)37(15)7-4-8-45(2,43)44)35-26-36-27(41)39(14-17-5-3-6-33-25(17)40)28(42)38(26)13-16-9-19(30)24(32)20(31)10-16/h3,5-6,9-12H,4,7-8,13-14H2,1-2H3,(H,33,40)(H,35,36,41). The highest BCUT2D eigenvalue weighted by atomic mass is 35.5. The molecule has 0 aliphatic carbocycles. The van der Waals surface area contributed by atoms with Crippen molar-refractivity contribution in [1.82, 2.24) is 28.7 Å². The van der Waals surface area contributed by atoms with Crippen molar-refractivity contribution in [3.05, 3.63) is 113 Å². The Balaban J connectivity index is 1.61. The number of aromatic amines is 1. The molecular formula is C28H25ClF3N7O5S. The maximum absolute atomic E-state index is 14.1. The molecule has 0 unspecified atom stereocenters. The van der Waals surface area contributed by atoms with E-state index in [1.165, 1.54) is 24.4 Å². The molecule has 0 atom stereocenters. The van der Waals surface area contributed by atoms with Gasteiger partial charge in [0.05, 0.1) is 40.6 Å². The van der Waals surface area contributed by atoms with Crippen LogP contribution in [-0.2, 0) is 29.5 Å². The number of hydrogen-bond acceptors (Lipinski definition) is 8. The van der Waals surface area contributed by atoms with Gasteiger partial charge in [0.1, 0.15) is 15.7 Å². The minimum absolute atomic E-state index is 0.0449. The predicted octanol–water partition coefficient (Wildman–Crippen LogP) is 3.10. The third-order valence-corrected chi connectivity index (χ3v) is 8.28. The first-order valence-electron chi connectivity index (χ1n) is 13.3. The molecule has 3 heterocycles. The number of anilines is 2. The number of sulfone groups is 1. The molecule has 2 N–H and O–H groups in total. The van der Waals surface area contributed by atoms with Gasteiger partial charge in [-0.05, 0) is 49.2 Å². The molecule has 12 nitrogen and oxygen atoms in total. The van der Waals surface area contributed by atoms with Crippen molar-refractivity contribution in [1.29, 1.82) is 0 Å². The second-order valence-electron chi connectivity index (χ2n) is 10.3. The van der Waals surface area contributed by atoms with Gasteiger partial charge in [0.25, 0.3) is 5.56 Å². The summed E-state index contributed by atoms with van der Waals surface area (Å²) in [7, 11) is -3.20. The van der Waals surface area contributed by atoms with Crippen LogP contribution in [0.1, 0.15) is 23.4 Å². The Morgan fingerprint density at radius 1 is 0.978 bits per heavy atom. The van der Waals surface area contributed by atoms with Gasteiger partial charge >= 0.3 is 11.4 Å². The zero-order chi connectivity index (χ0) is 32.6. The Hall–Kier alpha value is -4.70. The number of fused-ring (bicyclic) bond motifs is 1. The number of benzene rings is 2. The largest absolute Gasteiger partial charge is 0.355 e. The fraction of sp³-hybridized carbons (Fsp3) is 0.250. The summed E-state index contributed by atoms with van der Waals surface area (Å²) in [6.07, 6.45) is 2.82. The molecule has 3 aromatic heterocycles. The van der Waals surface area contributed by atoms with E-state index in [2.05, 4.69) is 20.3 Å². The third-order valence-electron chi connectivity index (χ3n) is 6.93. The van der Waals surface area contributed by atoms with Crippen LogP contribution < -0.4 is 22.3 Å². The molecule has 0 saturated carbocycles. The van der Waals surface area contributed by atoms with E-state index in [0.717, 1.165) is 10.8 Å². The Bertz CT molecular complexity index is 2220. The normalized spacial score (nSPS) is 11.8. The number of aromatic nitrogens is 6. The lowest BCUT2D eigenvalue weighted by atomic mass is 10.2. The number of nitrogens with one attached hydrogen (secondary N) is 2. The van der Waals surface area contributed by atoms with Crippen molar-refractivity contribution in [2.45, 2.75) is 33.0 Å². The Morgan fingerprint density at radius 3 is 2.36 bits per heavy atom. The number of hydrogen-bond donors (Lipinski definition) is 2. The molecule has 0 bridgehead atoms. The van der Waals surface area contributed by atoms with Crippen molar-refractivity contribution in [2.75, 3.05) is 17.3 Å². The zero-order valence-electron chi connectivity index (χ0n) is 23.8. The molecule has 5 rings (SSSR count). The minimum atomic E-state index is -3.20. The van der Waals surface area contributed by atoms with Crippen molar-refractivity contribution in [3.63, 3.8) is 0 Å². The number of H-pyrrole nitrogens is 1. The van der Waals surface area contributed by atoms with E-state index in [1.807, 2.05) is 0 Å². The van der Waals surface area contributed by atoms with E-state index in [-0.39, 0.29) is 33.5 Å². The van der Waals surface area contributed by atoms with Crippen LogP contribution >= 0.6 is 11.6 Å². The molecule has 5 aromatic rings. The molecule has 0 radical (unpaired) electrons. The maximum atomic E-state index is 14.1. The molecular weight excluding hydrogens is 639 g/mol. The van der Waals surface area contributed by atoms with E-state index in [9.17, 15) is 36.0 Å². The fourth-order valence-corrected chi connectivity index (χ4v) is 5.64. The monoisotopic (exact) mass is 663 g/mol. The summed E-state index contributed by atoms with van der Waals surface area (Å²) in [5.74, 6) is -4.50. The number of pyridine rings is 1. The summed E-state index contributed by atoms with van der Waals surface area (Å²) in [6, 6.07) is 7.39. The molecule has 0 saturated heterocycles. The van der Waals surface area contributed by atoms with Crippen LogP contribution in [0.4, 0.5) is 24.8 Å². The van der Waals surface area contributed by atoms with Gasteiger partial charge in [0.15, 0.2) is 17.5 Å². The second-order valence-corrected chi connectivity index (χ2v) is 13.0. The Labute approximate surface area is 257 Å². The summed E-state index contributed by atoms with van der Waals surface area (Å²) in [5, 5.41) is 2.95. The quantitative estimate of drug-likeness (QED) is 0.216. The molecule has 45 heavy (non-hydrogen) atoms. The van der Waals surface area contributed by atoms with Crippen LogP contribution in [0.3, 0.4) is 0 Å². The summed E-state index contributed by atoms with van der Waals surface area (Å²) < 4.78 is 68.4. The zero-order valence-corrected chi connectivity index (χ0v) is 25.3. The first-order valence-corrected chi connectivity index (χ1v) is 15.8. The minimum Gasteiger partial charge on any atom is -0.329 e. The molecule has 2 aromatic carbocycles. The first kappa shape index (κ1) is 31.7. The molecule has 0 aliphatic rings. The summed E-state index contributed by atoms with van der Waals surface area (Å²) in [6.45, 7) is 1.02. The van der Waals surface area contributed by atoms with Crippen LogP contribution in [0.2, 0.25) is 5.02 Å².